The lowest BCUT2D eigenvalue weighted by Gasteiger charge is -2.23. The lowest BCUT2D eigenvalue weighted by Crippen LogP contribution is -2.33. The quantitative estimate of drug-likeness (QED) is 0.195. The van der Waals surface area contributed by atoms with Gasteiger partial charge in [0.15, 0.2) is 5.84 Å². The first-order valence-electron chi connectivity index (χ1n) is 18.3. The smallest absolute Gasteiger partial charge is 0.159 e. The molecule has 1 atom stereocenters. The summed E-state index contributed by atoms with van der Waals surface area (Å²) >= 11 is 0. The normalized spacial score (nSPS) is 14.5. The first-order chi connectivity index (χ1) is 26.7. The Morgan fingerprint density at radius 2 is 1.09 bits per heavy atom. The fraction of sp³-hybridized carbons (Fsp3) is 0.0204. The van der Waals surface area contributed by atoms with Crippen molar-refractivity contribution in [3.63, 3.8) is 0 Å². The fourth-order valence-electron chi connectivity index (χ4n) is 7.96. The highest BCUT2D eigenvalue weighted by atomic mass is 16.3. The van der Waals surface area contributed by atoms with E-state index in [0.29, 0.717) is 5.84 Å². The van der Waals surface area contributed by atoms with E-state index in [9.17, 15) is 0 Å². The minimum Gasteiger partial charge on any atom is -0.456 e. The van der Waals surface area contributed by atoms with E-state index in [1.54, 1.807) is 0 Å². The van der Waals surface area contributed by atoms with Crippen LogP contribution in [0, 0.1) is 0 Å². The van der Waals surface area contributed by atoms with Crippen molar-refractivity contribution in [2.24, 2.45) is 9.98 Å². The Morgan fingerprint density at radius 1 is 0.463 bits per heavy atom. The number of rotatable bonds is 5. The second kappa shape index (κ2) is 12.2. The number of furan rings is 1. The van der Waals surface area contributed by atoms with Crippen LogP contribution in [0.5, 0.6) is 0 Å². The number of hydrogen-bond acceptors (Lipinski definition) is 4. The van der Waals surface area contributed by atoms with Crippen LogP contribution in [-0.2, 0) is 0 Å². The summed E-state index contributed by atoms with van der Waals surface area (Å²) in [6.07, 6.45) is -0.269. The molecule has 3 heterocycles. The molecule has 0 saturated heterocycles. The molecule has 0 radical (unpaired) electrons. The predicted octanol–water partition coefficient (Wildman–Crippen LogP) is 12.0. The Morgan fingerprint density at radius 3 is 1.87 bits per heavy atom. The van der Waals surface area contributed by atoms with Crippen molar-refractivity contribution < 1.29 is 4.42 Å². The third kappa shape index (κ3) is 5.01. The topological polar surface area (TPSA) is 54.8 Å². The molecule has 0 spiro atoms. The molecule has 1 aliphatic rings. The molecule has 1 unspecified atom stereocenters. The molecule has 5 heteroatoms. The van der Waals surface area contributed by atoms with E-state index in [2.05, 4.69) is 155 Å². The van der Waals surface area contributed by atoms with Crippen molar-refractivity contribution in [1.29, 1.82) is 0 Å². The molecule has 5 nitrogen and oxygen atoms in total. The maximum atomic E-state index is 6.69. The summed E-state index contributed by atoms with van der Waals surface area (Å²) in [6, 6.07) is 64.0. The number of aliphatic imine (C=N–C) groups is 2. The van der Waals surface area contributed by atoms with Gasteiger partial charge in [-0.1, -0.05) is 127 Å². The van der Waals surface area contributed by atoms with Crippen molar-refractivity contribution in [1.82, 2.24) is 9.88 Å². The van der Waals surface area contributed by atoms with Crippen LogP contribution in [0.1, 0.15) is 22.9 Å². The van der Waals surface area contributed by atoms with E-state index < -0.39 is 0 Å². The van der Waals surface area contributed by atoms with Crippen LogP contribution >= 0.6 is 0 Å². The average molecular weight is 693 g/mol. The van der Waals surface area contributed by atoms with Crippen LogP contribution < -0.4 is 5.32 Å². The van der Waals surface area contributed by atoms with Crippen molar-refractivity contribution in [3.8, 4) is 16.8 Å². The molecule has 0 bridgehead atoms. The van der Waals surface area contributed by atoms with E-state index in [1.807, 2.05) is 36.4 Å². The molecule has 0 amide bonds. The van der Waals surface area contributed by atoms with E-state index in [-0.39, 0.29) is 6.17 Å². The average Bonchev–Trinajstić information content (AvgIpc) is 3.77. The van der Waals surface area contributed by atoms with Crippen molar-refractivity contribution >= 4 is 66.2 Å². The van der Waals surface area contributed by atoms with Crippen LogP contribution in [-0.4, -0.2) is 16.2 Å². The monoisotopic (exact) mass is 692 g/mol. The molecule has 2 aromatic heterocycles. The Kier molecular flexibility index (Phi) is 6.85. The SMILES string of the molecule is c1ccc(C2=NC(c3ccccc3)NC(c3ccc4c(c3)oc3cc(-n5c6ccc(-c7ccccc7)cc6c6cc7ccccc7cc65)ccc34)=N2)cc1. The van der Waals surface area contributed by atoms with Gasteiger partial charge in [-0.3, -0.25) is 0 Å². The zero-order chi connectivity index (χ0) is 35.6. The van der Waals surface area contributed by atoms with Gasteiger partial charge in [-0.15, -0.1) is 0 Å². The molecule has 54 heavy (non-hydrogen) atoms. The van der Waals surface area contributed by atoms with Gasteiger partial charge in [-0.25, -0.2) is 9.98 Å². The molecule has 0 aliphatic carbocycles. The highest BCUT2D eigenvalue weighted by Gasteiger charge is 2.22. The summed E-state index contributed by atoms with van der Waals surface area (Å²) in [5, 5.41) is 10.6. The largest absolute Gasteiger partial charge is 0.456 e. The van der Waals surface area contributed by atoms with E-state index in [1.165, 1.54) is 32.7 Å². The molecule has 1 aliphatic heterocycles. The first-order valence-corrected chi connectivity index (χ1v) is 18.3. The Bertz CT molecular complexity index is 3120. The molecule has 10 aromatic rings. The Hall–Kier alpha value is -7.24. The van der Waals surface area contributed by atoms with E-state index >= 15 is 0 Å². The minimum absolute atomic E-state index is 0.269. The van der Waals surface area contributed by atoms with Gasteiger partial charge in [-0.2, -0.15) is 0 Å². The van der Waals surface area contributed by atoms with Gasteiger partial charge >= 0.3 is 0 Å². The van der Waals surface area contributed by atoms with E-state index in [0.717, 1.165) is 61.2 Å². The zero-order valence-corrected chi connectivity index (χ0v) is 29.1. The molecule has 0 fully saturated rings. The van der Waals surface area contributed by atoms with Gasteiger partial charge < -0.3 is 14.3 Å². The van der Waals surface area contributed by atoms with Crippen LogP contribution in [0.25, 0.3) is 71.3 Å². The predicted molar refractivity (Wildman–Crippen MR) is 223 cm³/mol. The van der Waals surface area contributed by atoms with Crippen LogP contribution in [0.15, 0.2) is 196 Å². The molecular formula is C49H32N4O. The number of nitrogens with one attached hydrogen (secondary N) is 1. The van der Waals surface area contributed by atoms with Crippen LogP contribution in [0.4, 0.5) is 0 Å². The molecule has 254 valence electrons. The highest BCUT2D eigenvalue weighted by Crippen LogP contribution is 2.39. The third-order valence-electron chi connectivity index (χ3n) is 10.6. The summed E-state index contributed by atoms with van der Waals surface area (Å²) in [7, 11) is 0. The second-order valence-corrected chi connectivity index (χ2v) is 13.9. The molecule has 1 N–H and O–H groups in total. The molecule has 0 saturated carbocycles. The van der Waals surface area contributed by atoms with Crippen molar-refractivity contribution in [2.75, 3.05) is 0 Å². The maximum absolute atomic E-state index is 6.69. The Balaban J connectivity index is 1.04. The molecular weight excluding hydrogens is 661 g/mol. The number of amidine groups is 2. The van der Waals surface area contributed by atoms with E-state index in [4.69, 9.17) is 14.4 Å². The van der Waals surface area contributed by atoms with Gasteiger partial charge in [0, 0.05) is 44.4 Å². The van der Waals surface area contributed by atoms with Crippen molar-refractivity contribution in [3.05, 3.63) is 199 Å². The van der Waals surface area contributed by atoms with Gasteiger partial charge in [0.25, 0.3) is 0 Å². The maximum Gasteiger partial charge on any atom is 0.159 e. The zero-order valence-electron chi connectivity index (χ0n) is 29.1. The van der Waals surface area contributed by atoms with Gasteiger partial charge in [0.1, 0.15) is 23.2 Å². The summed E-state index contributed by atoms with van der Waals surface area (Å²) in [6.45, 7) is 0. The summed E-state index contributed by atoms with van der Waals surface area (Å²) in [5.74, 6) is 1.45. The number of fused-ring (bicyclic) bond motifs is 7. The van der Waals surface area contributed by atoms with Gasteiger partial charge in [0.05, 0.1) is 11.0 Å². The number of aromatic nitrogens is 1. The lowest BCUT2D eigenvalue weighted by atomic mass is 10.0. The first kappa shape index (κ1) is 30.4. The lowest BCUT2D eigenvalue weighted by molar-refractivity contribution is 0.666. The summed E-state index contributed by atoms with van der Waals surface area (Å²) < 4.78 is 9.06. The van der Waals surface area contributed by atoms with Crippen LogP contribution in [0.2, 0.25) is 0 Å². The summed E-state index contributed by atoms with van der Waals surface area (Å²) in [4.78, 5) is 10.0. The highest BCUT2D eigenvalue weighted by molar-refractivity contribution is 6.16. The fourth-order valence-corrected chi connectivity index (χ4v) is 7.96. The molecule has 8 aromatic carbocycles. The third-order valence-corrected chi connectivity index (χ3v) is 10.6. The minimum atomic E-state index is -0.269. The second-order valence-electron chi connectivity index (χ2n) is 13.9. The number of benzene rings is 8. The number of nitrogens with zero attached hydrogens (tertiary/aromatic N) is 3. The van der Waals surface area contributed by atoms with Crippen molar-refractivity contribution in [2.45, 2.75) is 6.17 Å². The number of hydrogen-bond donors (Lipinski definition) is 1. The standard InChI is InChI=1S/C49H32N4O/c1-4-12-31(13-5-1)36-21-25-43-41(27-36)42-26-34-18-10-11-19-35(34)28-44(42)53(43)38-22-24-40-39-23-20-37(29-45(39)54-46(40)30-38)49-51-47(32-14-6-2-7-15-32)50-48(52-49)33-16-8-3-9-17-33/h1-30,47H,(H,50,51,52). The summed E-state index contributed by atoms with van der Waals surface area (Å²) in [5.41, 5.74) is 10.4. The van der Waals surface area contributed by atoms with Crippen LogP contribution in [0.3, 0.4) is 0 Å². The van der Waals surface area contributed by atoms with Gasteiger partial charge in [0.2, 0.25) is 0 Å². The molecule has 11 rings (SSSR count). The van der Waals surface area contributed by atoms with Gasteiger partial charge in [-0.05, 0) is 76.0 Å². The Labute approximate surface area is 311 Å².